The molecule has 0 unspecified atom stereocenters. The fraction of sp³-hybridized carbons (Fsp3) is 0.346. The zero-order valence-electron chi connectivity index (χ0n) is 20.6. The largest absolute Gasteiger partial charge is 0.330 e. The van der Waals surface area contributed by atoms with Gasteiger partial charge in [0.15, 0.2) is 5.65 Å². The maximum absolute atomic E-state index is 13.4. The third-order valence-corrected chi connectivity index (χ3v) is 5.92. The molecule has 0 atom stereocenters. The molecule has 3 heterocycles. The number of imidazole rings is 1. The SMILES string of the molecule is CCn1c(=O)[nH]c(=O)c2c(C(=O)Nc3cccc(Cn4ccnc4C(C)C)c3)cc(C(C)C)nc21. The first kappa shape index (κ1) is 24.1. The first-order valence-corrected chi connectivity index (χ1v) is 11.8. The summed E-state index contributed by atoms with van der Waals surface area (Å²) < 4.78 is 3.46. The Morgan fingerprint density at radius 2 is 1.89 bits per heavy atom. The number of aromatic nitrogens is 5. The van der Waals surface area contributed by atoms with Crippen molar-refractivity contribution < 1.29 is 4.79 Å². The highest BCUT2D eigenvalue weighted by Crippen LogP contribution is 2.22. The highest BCUT2D eigenvalue weighted by molar-refractivity contribution is 6.11. The topological polar surface area (TPSA) is 115 Å². The lowest BCUT2D eigenvalue weighted by atomic mass is 10.0. The smallest absolute Gasteiger partial charge is 0.329 e. The average molecular weight is 475 g/mol. The number of carbonyl (C=O) groups is 1. The van der Waals surface area contributed by atoms with E-state index in [1.165, 1.54) is 4.57 Å². The molecule has 0 bridgehead atoms. The third-order valence-electron chi connectivity index (χ3n) is 5.92. The van der Waals surface area contributed by atoms with Gasteiger partial charge in [0.2, 0.25) is 0 Å². The van der Waals surface area contributed by atoms with Crippen molar-refractivity contribution in [3.63, 3.8) is 0 Å². The number of pyridine rings is 1. The Morgan fingerprint density at radius 1 is 1.11 bits per heavy atom. The lowest BCUT2D eigenvalue weighted by Crippen LogP contribution is -2.32. The van der Waals surface area contributed by atoms with Gasteiger partial charge in [0.25, 0.3) is 11.5 Å². The maximum atomic E-state index is 13.4. The van der Waals surface area contributed by atoms with Crippen LogP contribution in [0.15, 0.2) is 52.3 Å². The van der Waals surface area contributed by atoms with E-state index in [1.54, 1.807) is 25.3 Å². The van der Waals surface area contributed by atoms with Gasteiger partial charge in [-0.25, -0.2) is 14.8 Å². The Hall–Kier alpha value is -4.01. The summed E-state index contributed by atoms with van der Waals surface area (Å²) in [5.74, 6) is 0.847. The van der Waals surface area contributed by atoms with Gasteiger partial charge in [-0.3, -0.25) is 19.1 Å². The number of H-pyrrole nitrogens is 1. The molecule has 0 radical (unpaired) electrons. The number of fused-ring (bicyclic) bond motifs is 1. The zero-order chi connectivity index (χ0) is 25.3. The molecule has 4 aromatic rings. The van der Waals surface area contributed by atoms with Crippen LogP contribution in [-0.4, -0.2) is 30.0 Å². The van der Waals surface area contributed by atoms with Gasteiger partial charge in [0.05, 0.1) is 10.9 Å². The van der Waals surface area contributed by atoms with Crippen LogP contribution in [0.2, 0.25) is 0 Å². The van der Waals surface area contributed by atoms with Crippen molar-refractivity contribution in [2.45, 2.75) is 59.5 Å². The summed E-state index contributed by atoms with van der Waals surface area (Å²) in [6.45, 7) is 10.8. The molecule has 0 aliphatic rings. The molecule has 0 saturated heterocycles. The highest BCUT2D eigenvalue weighted by Gasteiger charge is 2.20. The minimum atomic E-state index is -0.627. The first-order chi connectivity index (χ1) is 16.7. The molecule has 35 heavy (non-hydrogen) atoms. The normalized spacial score (nSPS) is 11.5. The van der Waals surface area contributed by atoms with Crippen LogP contribution in [0, 0.1) is 0 Å². The van der Waals surface area contributed by atoms with Crippen molar-refractivity contribution in [2.24, 2.45) is 0 Å². The Balaban J connectivity index is 1.73. The predicted molar refractivity (Wildman–Crippen MR) is 136 cm³/mol. The van der Waals surface area contributed by atoms with E-state index in [4.69, 9.17) is 0 Å². The Bertz CT molecular complexity index is 1510. The van der Waals surface area contributed by atoms with E-state index >= 15 is 0 Å². The van der Waals surface area contributed by atoms with Crippen LogP contribution in [0.5, 0.6) is 0 Å². The number of anilines is 1. The number of carbonyl (C=O) groups excluding carboxylic acids is 1. The van der Waals surface area contributed by atoms with Crippen LogP contribution in [0.1, 0.15) is 73.9 Å². The van der Waals surface area contributed by atoms with Gasteiger partial charge in [0.1, 0.15) is 5.82 Å². The van der Waals surface area contributed by atoms with Gasteiger partial charge in [-0.15, -0.1) is 0 Å². The number of benzene rings is 1. The summed E-state index contributed by atoms with van der Waals surface area (Å²) in [6, 6.07) is 9.21. The Kier molecular flexibility index (Phi) is 6.68. The van der Waals surface area contributed by atoms with Crippen molar-refractivity contribution in [1.82, 2.24) is 24.1 Å². The molecule has 2 N–H and O–H groups in total. The van der Waals surface area contributed by atoms with Gasteiger partial charge < -0.3 is 9.88 Å². The van der Waals surface area contributed by atoms with Crippen LogP contribution in [-0.2, 0) is 13.1 Å². The van der Waals surface area contributed by atoms with Crippen molar-refractivity contribution in [3.8, 4) is 0 Å². The van der Waals surface area contributed by atoms with E-state index < -0.39 is 17.2 Å². The van der Waals surface area contributed by atoms with Gasteiger partial charge in [-0.2, -0.15) is 0 Å². The number of aromatic amines is 1. The zero-order valence-corrected chi connectivity index (χ0v) is 20.6. The fourth-order valence-corrected chi connectivity index (χ4v) is 4.16. The summed E-state index contributed by atoms with van der Waals surface area (Å²) in [4.78, 5) is 49.8. The molecule has 1 aromatic carbocycles. The quantitative estimate of drug-likeness (QED) is 0.422. The number of hydrogen-bond acceptors (Lipinski definition) is 5. The van der Waals surface area contributed by atoms with Crippen molar-refractivity contribution in [2.75, 3.05) is 5.32 Å². The number of nitrogens with one attached hydrogen (secondary N) is 2. The molecule has 0 aliphatic carbocycles. The minimum Gasteiger partial charge on any atom is -0.330 e. The third kappa shape index (κ3) is 4.80. The van der Waals surface area contributed by atoms with Crippen molar-refractivity contribution in [1.29, 1.82) is 0 Å². The van der Waals surface area contributed by atoms with Crippen LogP contribution < -0.4 is 16.6 Å². The number of nitrogens with zero attached hydrogens (tertiary/aromatic N) is 4. The Labute approximate surface area is 202 Å². The molecule has 0 spiro atoms. The standard InChI is InChI=1S/C26H30N6O3/c1-6-32-23-21(25(34)30-26(32)35)19(13-20(29-23)15(2)3)24(33)28-18-9-7-8-17(12-18)14-31-11-10-27-22(31)16(4)5/h7-13,15-16H,6,14H2,1-5H3,(H,28,33)(H,30,34,35). The average Bonchev–Trinajstić information content (AvgIpc) is 3.27. The molecule has 3 aromatic heterocycles. The molecule has 1 amide bonds. The van der Waals surface area contributed by atoms with Gasteiger partial charge in [-0.05, 0) is 36.6 Å². The second-order valence-electron chi connectivity index (χ2n) is 9.17. The maximum Gasteiger partial charge on any atom is 0.329 e. The molecular formula is C26H30N6O3. The van der Waals surface area contributed by atoms with Crippen LogP contribution >= 0.6 is 0 Å². The second kappa shape index (κ2) is 9.69. The van der Waals surface area contributed by atoms with Crippen molar-refractivity contribution >= 4 is 22.6 Å². The van der Waals surface area contributed by atoms with E-state index in [2.05, 4.69) is 38.7 Å². The first-order valence-electron chi connectivity index (χ1n) is 11.8. The number of hydrogen-bond donors (Lipinski definition) is 2. The molecule has 0 fully saturated rings. The summed E-state index contributed by atoms with van der Waals surface area (Å²) in [5, 5.41) is 3.02. The predicted octanol–water partition coefficient (Wildman–Crippen LogP) is 3.85. The number of rotatable bonds is 7. The van der Waals surface area contributed by atoms with E-state index in [0.717, 1.165) is 11.4 Å². The molecule has 0 saturated carbocycles. The van der Waals surface area contributed by atoms with Crippen LogP contribution in [0.4, 0.5) is 5.69 Å². The summed E-state index contributed by atoms with van der Waals surface area (Å²) >= 11 is 0. The van der Waals surface area contributed by atoms with E-state index in [9.17, 15) is 14.4 Å². The molecule has 9 heteroatoms. The summed E-state index contributed by atoms with van der Waals surface area (Å²) in [6.07, 6.45) is 3.73. The van der Waals surface area contributed by atoms with E-state index in [0.29, 0.717) is 30.4 Å². The van der Waals surface area contributed by atoms with Crippen LogP contribution in [0.25, 0.3) is 11.0 Å². The molecule has 0 aliphatic heterocycles. The molecule has 9 nitrogen and oxygen atoms in total. The van der Waals surface area contributed by atoms with E-state index in [1.807, 2.05) is 38.2 Å². The van der Waals surface area contributed by atoms with Crippen LogP contribution in [0.3, 0.4) is 0 Å². The fourth-order valence-electron chi connectivity index (χ4n) is 4.16. The lowest BCUT2D eigenvalue weighted by molar-refractivity contribution is 0.102. The summed E-state index contributed by atoms with van der Waals surface area (Å²) in [5.41, 5.74) is 1.47. The van der Waals surface area contributed by atoms with E-state index in [-0.39, 0.29) is 22.5 Å². The van der Waals surface area contributed by atoms with Gasteiger partial charge in [-0.1, -0.05) is 39.8 Å². The molecular weight excluding hydrogens is 444 g/mol. The number of aryl methyl sites for hydroxylation is 1. The van der Waals surface area contributed by atoms with Crippen molar-refractivity contribution in [3.05, 3.63) is 86.2 Å². The van der Waals surface area contributed by atoms with Gasteiger partial charge in [0, 0.05) is 42.8 Å². The molecule has 182 valence electrons. The van der Waals surface area contributed by atoms with Gasteiger partial charge >= 0.3 is 5.69 Å². The Morgan fingerprint density at radius 3 is 2.57 bits per heavy atom. The molecule has 4 rings (SSSR count). The minimum absolute atomic E-state index is 0.000642. The lowest BCUT2D eigenvalue weighted by Gasteiger charge is -2.15. The monoisotopic (exact) mass is 474 g/mol. The second-order valence-corrected chi connectivity index (χ2v) is 9.17. The number of amides is 1. The summed E-state index contributed by atoms with van der Waals surface area (Å²) in [7, 11) is 0. The highest BCUT2D eigenvalue weighted by atomic mass is 16.2.